The zero-order valence-corrected chi connectivity index (χ0v) is 10.9. The van der Waals surface area contributed by atoms with Crippen molar-refractivity contribution in [2.24, 2.45) is 11.7 Å². The van der Waals surface area contributed by atoms with Crippen LogP contribution in [-0.2, 0) is 4.74 Å². The molecule has 1 unspecified atom stereocenters. The van der Waals surface area contributed by atoms with Gasteiger partial charge in [0, 0.05) is 19.1 Å². The lowest BCUT2D eigenvalue weighted by Gasteiger charge is -2.07. The van der Waals surface area contributed by atoms with Gasteiger partial charge in [0.05, 0.1) is 22.9 Å². The SMILES string of the molecule is NCC#Cc1ccc(C(=O)NCC2CCOC2)s1. The van der Waals surface area contributed by atoms with Crippen molar-refractivity contribution >= 4 is 17.2 Å². The van der Waals surface area contributed by atoms with Crippen LogP contribution < -0.4 is 11.1 Å². The summed E-state index contributed by atoms with van der Waals surface area (Å²) in [6, 6.07) is 3.65. The van der Waals surface area contributed by atoms with Gasteiger partial charge < -0.3 is 15.8 Å². The number of carbonyl (C=O) groups is 1. The van der Waals surface area contributed by atoms with E-state index in [1.54, 1.807) is 6.07 Å². The maximum atomic E-state index is 11.9. The normalized spacial score (nSPS) is 18.2. The van der Waals surface area contributed by atoms with Gasteiger partial charge in [-0.05, 0) is 18.6 Å². The van der Waals surface area contributed by atoms with Gasteiger partial charge in [0.2, 0.25) is 0 Å². The molecule has 0 radical (unpaired) electrons. The molecular formula is C13H16N2O2S. The molecule has 0 spiro atoms. The number of nitrogens with one attached hydrogen (secondary N) is 1. The van der Waals surface area contributed by atoms with E-state index in [0.717, 1.165) is 24.5 Å². The highest BCUT2D eigenvalue weighted by Crippen LogP contribution is 2.16. The van der Waals surface area contributed by atoms with Crippen molar-refractivity contribution in [3.8, 4) is 11.8 Å². The summed E-state index contributed by atoms with van der Waals surface area (Å²) in [5.74, 6) is 6.11. The van der Waals surface area contributed by atoms with Crippen LogP contribution in [0.5, 0.6) is 0 Å². The smallest absolute Gasteiger partial charge is 0.261 e. The molecule has 0 bridgehead atoms. The maximum Gasteiger partial charge on any atom is 0.261 e. The Morgan fingerprint density at radius 2 is 2.50 bits per heavy atom. The number of carbonyl (C=O) groups excluding carboxylic acids is 1. The molecule has 1 amide bonds. The number of ether oxygens (including phenoxy) is 1. The number of thiophene rings is 1. The van der Waals surface area contributed by atoms with E-state index >= 15 is 0 Å². The molecule has 2 rings (SSSR count). The summed E-state index contributed by atoms with van der Waals surface area (Å²) in [4.78, 5) is 13.4. The molecule has 96 valence electrons. The molecule has 3 N–H and O–H groups in total. The molecule has 2 heterocycles. The Hall–Kier alpha value is -1.35. The van der Waals surface area contributed by atoms with Gasteiger partial charge in [0.15, 0.2) is 0 Å². The number of hydrogen-bond donors (Lipinski definition) is 2. The van der Waals surface area contributed by atoms with Crippen molar-refractivity contribution in [3.05, 3.63) is 21.9 Å². The highest BCUT2D eigenvalue weighted by Gasteiger charge is 2.17. The topological polar surface area (TPSA) is 64.4 Å². The van der Waals surface area contributed by atoms with Crippen LogP contribution in [0.1, 0.15) is 21.0 Å². The van der Waals surface area contributed by atoms with E-state index in [1.807, 2.05) is 6.07 Å². The third kappa shape index (κ3) is 3.57. The second-order valence-corrected chi connectivity index (χ2v) is 5.19. The Balaban J connectivity index is 1.86. The standard InChI is InChI=1S/C13H16N2O2S/c14-6-1-2-11-3-4-12(18-11)13(16)15-8-10-5-7-17-9-10/h3-4,10H,5-9,14H2,(H,15,16). The van der Waals surface area contributed by atoms with E-state index in [2.05, 4.69) is 17.2 Å². The van der Waals surface area contributed by atoms with Crippen molar-refractivity contribution in [2.75, 3.05) is 26.3 Å². The molecule has 5 heteroatoms. The summed E-state index contributed by atoms with van der Waals surface area (Å²) >= 11 is 1.39. The minimum absolute atomic E-state index is 0.0345. The quantitative estimate of drug-likeness (QED) is 0.795. The predicted octanol–water partition coefficient (Wildman–Crippen LogP) is 0.825. The third-order valence-electron chi connectivity index (χ3n) is 2.72. The number of amides is 1. The summed E-state index contributed by atoms with van der Waals surface area (Å²) in [6.07, 6.45) is 1.03. The van der Waals surface area contributed by atoms with Crippen molar-refractivity contribution in [3.63, 3.8) is 0 Å². The van der Waals surface area contributed by atoms with E-state index in [1.165, 1.54) is 11.3 Å². The van der Waals surface area contributed by atoms with E-state index in [9.17, 15) is 4.79 Å². The minimum atomic E-state index is -0.0345. The van der Waals surface area contributed by atoms with Gasteiger partial charge in [-0.3, -0.25) is 4.79 Å². The minimum Gasteiger partial charge on any atom is -0.381 e. The second kappa shape index (κ2) is 6.55. The van der Waals surface area contributed by atoms with E-state index < -0.39 is 0 Å². The van der Waals surface area contributed by atoms with Crippen molar-refractivity contribution in [2.45, 2.75) is 6.42 Å². The number of rotatable bonds is 3. The van der Waals surface area contributed by atoms with Gasteiger partial charge in [0.25, 0.3) is 5.91 Å². The molecule has 0 saturated carbocycles. The summed E-state index contributed by atoms with van der Waals surface area (Å²) in [5.41, 5.74) is 5.30. The van der Waals surface area contributed by atoms with Crippen LogP contribution in [0, 0.1) is 17.8 Å². The highest BCUT2D eigenvalue weighted by molar-refractivity contribution is 7.14. The van der Waals surface area contributed by atoms with Crippen molar-refractivity contribution < 1.29 is 9.53 Å². The Labute approximate surface area is 111 Å². The van der Waals surface area contributed by atoms with Crippen LogP contribution in [0.2, 0.25) is 0 Å². The zero-order valence-electron chi connectivity index (χ0n) is 10.1. The zero-order chi connectivity index (χ0) is 12.8. The monoisotopic (exact) mass is 264 g/mol. The molecule has 1 aliphatic heterocycles. The molecule has 4 nitrogen and oxygen atoms in total. The molecule has 1 aromatic heterocycles. The average molecular weight is 264 g/mol. The number of nitrogens with two attached hydrogens (primary N) is 1. The van der Waals surface area contributed by atoms with Crippen LogP contribution >= 0.6 is 11.3 Å². The highest BCUT2D eigenvalue weighted by atomic mass is 32.1. The fourth-order valence-electron chi connectivity index (χ4n) is 1.73. The molecular weight excluding hydrogens is 248 g/mol. The van der Waals surface area contributed by atoms with Gasteiger partial charge in [0.1, 0.15) is 0 Å². The first-order chi connectivity index (χ1) is 8.79. The van der Waals surface area contributed by atoms with Crippen LogP contribution in [-0.4, -0.2) is 32.2 Å². The fraction of sp³-hybridized carbons (Fsp3) is 0.462. The Kier molecular flexibility index (Phi) is 4.76. The molecule has 1 aliphatic rings. The van der Waals surface area contributed by atoms with Crippen LogP contribution in [0.3, 0.4) is 0 Å². The van der Waals surface area contributed by atoms with Crippen LogP contribution in [0.25, 0.3) is 0 Å². The first-order valence-corrected chi connectivity index (χ1v) is 6.76. The van der Waals surface area contributed by atoms with Gasteiger partial charge in [-0.25, -0.2) is 0 Å². The summed E-state index contributed by atoms with van der Waals surface area (Å²) in [6.45, 7) is 2.57. The molecule has 18 heavy (non-hydrogen) atoms. The lowest BCUT2D eigenvalue weighted by molar-refractivity contribution is 0.0949. The average Bonchev–Trinajstić information content (AvgIpc) is 3.04. The van der Waals surface area contributed by atoms with Gasteiger partial charge in [-0.2, -0.15) is 0 Å². The van der Waals surface area contributed by atoms with Gasteiger partial charge >= 0.3 is 0 Å². The lowest BCUT2D eigenvalue weighted by atomic mass is 10.1. The van der Waals surface area contributed by atoms with Crippen LogP contribution in [0.15, 0.2) is 12.1 Å². The molecule has 1 saturated heterocycles. The van der Waals surface area contributed by atoms with Crippen molar-refractivity contribution in [1.82, 2.24) is 5.32 Å². The molecule has 0 aromatic carbocycles. The maximum absolute atomic E-state index is 11.9. The molecule has 1 aromatic rings. The second-order valence-electron chi connectivity index (χ2n) is 4.11. The summed E-state index contributed by atoms with van der Waals surface area (Å²) in [5, 5.41) is 2.93. The summed E-state index contributed by atoms with van der Waals surface area (Å²) in [7, 11) is 0. The first kappa shape index (κ1) is 13.1. The Morgan fingerprint density at radius 3 is 3.22 bits per heavy atom. The third-order valence-corrected chi connectivity index (χ3v) is 3.72. The first-order valence-electron chi connectivity index (χ1n) is 5.94. The molecule has 0 aliphatic carbocycles. The number of hydrogen-bond acceptors (Lipinski definition) is 4. The molecule has 1 fully saturated rings. The summed E-state index contributed by atoms with van der Waals surface area (Å²) < 4.78 is 5.26. The fourth-order valence-corrected chi connectivity index (χ4v) is 2.53. The van der Waals surface area contributed by atoms with Crippen LogP contribution in [0.4, 0.5) is 0 Å². The Bertz CT molecular complexity index is 467. The molecule has 1 atom stereocenters. The largest absolute Gasteiger partial charge is 0.381 e. The van der Waals surface area contributed by atoms with Gasteiger partial charge in [-0.1, -0.05) is 11.8 Å². The lowest BCUT2D eigenvalue weighted by Crippen LogP contribution is -2.28. The predicted molar refractivity (Wildman–Crippen MR) is 71.5 cm³/mol. The van der Waals surface area contributed by atoms with Gasteiger partial charge in [-0.15, -0.1) is 11.3 Å². The van der Waals surface area contributed by atoms with E-state index in [0.29, 0.717) is 23.9 Å². The van der Waals surface area contributed by atoms with E-state index in [-0.39, 0.29) is 5.91 Å². The Morgan fingerprint density at radius 1 is 1.61 bits per heavy atom. The van der Waals surface area contributed by atoms with E-state index in [4.69, 9.17) is 10.5 Å². The van der Waals surface area contributed by atoms with Crippen molar-refractivity contribution in [1.29, 1.82) is 0 Å².